The molecular weight excluding hydrogens is 1020 g/mol. The van der Waals surface area contributed by atoms with Crippen LogP contribution < -0.4 is 0 Å². The second-order valence-electron chi connectivity index (χ2n) is 17.8. The second kappa shape index (κ2) is 17.5. The van der Waals surface area contributed by atoms with Crippen LogP contribution in [-0.4, -0.2) is 14.1 Å². The Morgan fingerprint density at radius 3 is 1.12 bits per heavy atom. The molecule has 0 saturated heterocycles. The van der Waals surface area contributed by atoms with Gasteiger partial charge in [0.05, 0.1) is 67.1 Å². The van der Waals surface area contributed by atoms with Crippen LogP contribution in [0.3, 0.4) is 0 Å². The molecule has 0 fully saturated rings. The number of aromatic nitrogens is 3. The number of hydrogen-bond donors (Lipinski definition) is 0. The molecule has 0 aliphatic carbocycles. The predicted molar refractivity (Wildman–Crippen MR) is 260 cm³/mol. The summed E-state index contributed by atoms with van der Waals surface area (Å²) in [4.78, 5) is 4.86. The van der Waals surface area contributed by atoms with E-state index in [1.165, 1.54) is 94.1 Å². The zero-order valence-corrected chi connectivity index (χ0v) is 38.3. The Labute approximate surface area is 419 Å². The van der Waals surface area contributed by atoms with Gasteiger partial charge in [-0.25, -0.2) is 4.98 Å². The number of pyridine rings is 1. The second-order valence-corrected chi connectivity index (χ2v) is 17.8. The van der Waals surface area contributed by atoms with Crippen LogP contribution in [0, 0.1) is 0 Å². The highest BCUT2D eigenvalue weighted by Gasteiger charge is 2.42. The van der Waals surface area contributed by atoms with E-state index in [1.54, 1.807) is 60.7 Å². The summed E-state index contributed by atoms with van der Waals surface area (Å²) < 4.78 is 222. The van der Waals surface area contributed by atoms with Gasteiger partial charge in [-0.2, -0.15) is 65.9 Å². The number of nitrogens with zero attached hydrogens (tertiary/aromatic N) is 3. The third kappa shape index (κ3) is 8.64. The Morgan fingerprint density at radius 1 is 0.289 bits per heavy atom. The van der Waals surface area contributed by atoms with Crippen molar-refractivity contribution in [1.82, 2.24) is 14.1 Å². The van der Waals surface area contributed by atoms with E-state index in [2.05, 4.69) is 0 Å². The molecule has 0 aliphatic rings. The van der Waals surface area contributed by atoms with E-state index < -0.39 is 81.2 Å². The fourth-order valence-electron chi connectivity index (χ4n) is 9.98. The van der Waals surface area contributed by atoms with Gasteiger partial charge in [-0.15, -0.1) is 0 Å². The average Bonchev–Trinajstić information content (AvgIpc) is 4.07. The Morgan fingerprint density at radius 2 is 0.697 bits per heavy atom. The normalized spacial score (nSPS) is 12.9. The molecule has 11 aromatic rings. The molecule has 3 heterocycles. The molecule has 18 heteroatoms. The molecule has 0 aliphatic heterocycles. The first-order valence-electron chi connectivity index (χ1n) is 22.8. The summed E-state index contributed by atoms with van der Waals surface area (Å²) in [5.41, 5.74) is -8.34. The molecule has 3 aromatic heterocycles. The van der Waals surface area contributed by atoms with Crippen molar-refractivity contribution < 1.29 is 65.9 Å². The lowest BCUT2D eigenvalue weighted by molar-refractivity contribution is -0.144. The highest BCUT2D eigenvalue weighted by molar-refractivity contribution is 6.12. The van der Waals surface area contributed by atoms with Gasteiger partial charge in [-0.1, -0.05) is 97.1 Å². The lowest BCUT2D eigenvalue weighted by atomic mass is 9.95. The van der Waals surface area contributed by atoms with E-state index in [0.29, 0.717) is 35.5 Å². The highest BCUT2D eigenvalue weighted by atomic mass is 19.4. The van der Waals surface area contributed by atoms with Crippen molar-refractivity contribution in [2.45, 2.75) is 30.9 Å². The van der Waals surface area contributed by atoms with Gasteiger partial charge in [0.25, 0.3) is 0 Å². The fourth-order valence-corrected chi connectivity index (χ4v) is 9.98. The molecule has 0 spiro atoms. The molecule has 8 aromatic carbocycles. The summed E-state index contributed by atoms with van der Waals surface area (Å²) in [6.45, 7) is 0. The molecule has 11 rings (SSSR count). The molecule has 0 atom stereocenters. The zero-order valence-electron chi connectivity index (χ0n) is 38.3. The molecule has 0 unspecified atom stereocenters. The van der Waals surface area contributed by atoms with Crippen LogP contribution in [0.1, 0.15) is 27.8 Å². The molecule has 382 valence electrons. The Hall–Kier alpha value is -8.54. The van der Waals surface area contributed by atoms with Gasteiger partial charge >= 0.3 is 30.9 Å². The number of fused-ring (bicyclic) bond motifs is 6. The van der Waals surface area contributed by atoms with Crippen molar-refractivity contribution in [3.63, 3.8) is 0 Å². The topological polar surface area (TPSA) is 22.8 Å². The first kappa shape index (κ1) is 49.7. The largest absolute Gasteiger partial charge is 0.420 e. The third-order valence-corrected chi connectivity index (χ3v) is 13.2. The van der Waals surface area contributed by atoms with Gasteiger partial charge in [-0.3, -0.25) is 0 Å². The Balaban J connectivity index is 1.22. The number of rotatable bonds is 6. The van der Waals surface area contributed by atoms with E-state index in [9.17, 15) is 52.7 Å². The SMILES string of the molecule is FC(F)(F)c1ccc(-c2ccc3c(c2)c2ccccc2n3-c2cc(-c3cccc(-c4ccccc4)n3)cc(-n3c4ccccc4c4cc(-c5ccc(C(F)(F)F)cc5C(F)(F)F)ccc43)c2C(F)(F)F)c(C(F)(F)F)c1. The van der Waals surface area contributed by atoms with Gasteiger partial charge in [0.1, 0.15) is 5.56 Å². The van der Waals surface area contributed by atoms with E-state index in [4.69, 9.17) is 4.98 Å². The van der Waals surface area contributed by atoms with Crippen LogP contribution in [0.15, 0.2) is 182 Å². The lowest BCUT2D eigenvalue weighted by Gasteiger charge is -2.23. The summed E-state index contributed by atoms with van der Waals surface area (Å²) in [7, 11) is 0. The molecule has 76 heavy (non-hydrogen) atoms. The first-order valence-corrected chi connectivity index (χ1v) is 22.8. The molecule has 0 bridgehead atoms. The number of alkyl halides is 15. The van der Waals surface area contributed by atoms with E-state index in [1.807, 2.05) is 0 Å². The van der Waals surface area contributed by atoms with Gasteiger partial charge in [0, 0.05) is 32.7 Å². The summed E-state index contributed by atoms with van der Waals surface area (Å²) in [5, 5.41) is 0.789. The minimum absolute atomic E-state index is 0.00373. The lowest BCUT2D eigenvalue weighted by Crippen LogP contribution is -2.16. The number of halogens is 15. The standard InChI is InChI=1S/C58H30F15N3/c59-54(60,61)35-19-21-37(43(29-35)56(65,66)67)32-17-23-49-41(25-32)39-11-4-6-15-47(39)75(49)51-27-34(46-14-8-13-45(74-46)31-9-2-1-3-10-31)28-52(53(51)58(71,72)73)76-48-16-7-5-12-40(48)42-26-33(18-24-50(42)76)38-22-20-36(55(62,63)64)30-44(38)57(68,69)70/h1-30H. The number of benzene rings is 8. The van der Waals surface area contributed by atoms with Gasteiger partial charge in [0.2, 0.25) is 0 Å². The van der Waals surface area contributed by atoms with Crippen molar-refractivity contribution in [2.75, 3.05) is 0 Å². The quantitative estimate of drug-likeness (QED) is 0.152. The van der Waals surface area contributed by atoms with Crippen LogP contribution in [-0.2, 0) is 30.9 Å². The predicted octanol–water partition coefficient (Wildman–Crippen LogP) is 19.0. The number of para-hydroxylation sites is 2. The van der Waals surface area contributed by atoms with Crippen LogP contribution in [0.25, 0.3) is 99.8 Å². The maximum atomic E-state index is 16.6. The van der Waals surface area contributed by atoms with Crippen molar-refractivity contribution in [2.24, 2.45) is 0 Å². The molecule has 3 nitrogen and oxygen atoms in total. The molecule has 0 N–H and O–H groups in total. The zero-order chi connectivity index (χ0) is 53.9. The molecule has 0 amide bonds. The van der Waals surface area contributed by atoms with Crippen molar-refractivity contribution in [3.8, 4) is 56.1 Å². The van der Waals surface area contributed by atoms with Crippen LogP contribution in [0.4, 0.5) is 65.9 Å². The molecule has 0 radical (unpaired) electrons. The summed E-state index contributed by atoms with van der Waals surface area (Å²) >= 11 is 0. The smallest absolute Gasteiger partial charge is 0.309 e. The van der Waals surface area contributed by atoms with Crippen LogP contribution in [0.2, 0.25) is 0 Å². The van der Waals surface area contributed by atoms with E-state index in [-0.39, 0.29) is 78.1 Å². The Bertz CT molecular complexity index is 3880. The minimum Gasteiger partial charge on any atom is -0.309 e. The van der Waals surface area contributed by atoms with Crippen molar-refractivity contribution in [3.05, 3.63) is 210 Å². The third-order valence-electron chi connectivity index (χ3n) is 13.2. The van der Waals surface area contributed by atoms with Gasteiger partial charge < -0.3 is 9.13 Å². The highest BCUT2D eigenvalue weighted by Crippen LogP contribution is 2.49. The monoisotopic (exact) mass is 1050 g/mol. The summed E-state index contributed by atoms with van der Waals surface area (Å²) in [6, 6.07) is 38.3. The average molecular weight is 1050 g/mol. The van der Waals surface area contributed by atoms with Crippen molar-refractivity contribution >= 4 is 43.6 Å². The van der Waals surface area contributed by atoms with E-state index in [0.717, 1.165) is 0 Å². The fraction of sp³-hybridized carbons (Fsp3) is 0.0862. The molecule has 0 saturated carbocycles. The van der Waals surface area contributed by atoms with Gasteiger partial charge in [0.15, 0.2) is 0 Å². The van der Waals surface area contributed by atoms with E-state index >= 15 is 13.2 Å². The minimum atomic E-state index is -5.26. The molecular formula is C58H30F15N3. The van der Waals surface area contributed by atoms with Gasteiger partial charge in [-0.05, 0) is 107 Å². The van der Waals surface area contributed by atoms with Crippen LogP contribution in [0.5, 0.6) is 0 Å². The first-order chi connectivity index (χ1) is 35.9. The summed E-state index contributed by atoms with van der Waals surface area (Å²) in [5.74, 6) is 0. The number of hydrogen-bond acceptors (Lipinski definition) is 1. The van der Waals surface area contributed by atoms with Crippen molar-refractivity contribution in [1.29, 1.82) is 0 Å². The summed E-state index contributed by atoms with van der Waals surface area (Å²) in [6.07, 6.45) is -26.0. The Kier molecular flexibility index (Phi) is 11.5. The maximum absolute atomic E-state index is 16.6. The van der Waals surface area contributed by atoms with Crippen LogP contribution >= 0.6 is 0 Å². The maximum Gasteiger partial charge on any atom is 0.420 e.